The second-order valence-electron chi connectivity index (χ2n) is 15.8. The zero-order valence-electron chi connectivity index (χ0n) is 33.0. The Balaban J connectivity index is 3.03. The monoisotopic (exact) mass is 663 g/mol. The van der Waals surface area contributed by atoms with E-state index in [9.17, 15) is 0 Å². The minimum absolute atomic E-state index is 0.874. The van der Waals surface area contributed by atoms with E-state index < -0.39 is 0 Å². The summed E-state index contributed by atoms with van der Waals surface area (Å²) >= 11 is 0. The zero-order chi connectivity index (χ0) is 33.8. The van der Waals surface area contributed by atoms with Crippen molar-refractivity contribution in [1.29, 1.82) is 0 Å². The van der Waals surface area contributed by atoms with Crippen molar-refractivity contribution in [3.8, 4) is 0 Å². The van der Waals surface area contributed by atoms with Crippen LogP contribution in [0.15, 0.2) is 0 Å². The van der Waals surface area contributed by atoms with Crippen LogP contribution in [0.5, 0.6) is 0 Å². The van der Waals surface area contributed by atoms with Gasteiger partial charge in [-0.25, -0.2) is 0 Å². The highest BCUT2D eigenvalue weighted by molar-refractivity contribution is 4.54. The molecule has 0 bridgehead atoms. The zero-order valence-corrected chi connectivity index (χ0v) is 33.0. The Bertz CT molecular complexity index is 462. The SMILES string of the molecule is NCCCCCCCCCCCCCCCCCCCCCCCCCCCCCCCCCCCCCCCCCCCCCN. The van der Waals surface area contributed by atoms with E-state index in [1.807, 2.05) is 0 Å². The molecule has 0 aromatic rings. The second-order valence-corrected chi connectivity index (χ2v) is 15.8. The van der Waals surface area contributed by atoms with Crippen molar-refractivity contribution >= 4 is 0 Å². The molecule has 2 heteroatoms. The molecule has 0 saturated heterocycles. The molecule has 0 radical (unpaired) electrons. The molecular formula is C45H94N2. The lowest BCUT2D eigenvalue weighted by Gasteiger charge is -2.05. The van der Waals surface area contributed by atoms with Crippen LogP contribution in [-0.2, 0) is 0 Å². The predicted molar refractivity (Wildman–Crippen MR) is 217 cm³/mol. The lowest BCUT2D eigenvalue weighted by molar-refractivity contribution is 0.508. The number of hydrogen-bond acceptors (Lipinski definition) is 2. The number of rotatable bonds is 44. The van der Waals surface area contributed by atoms with Crippen LogP contribution in [0.25, 0.3) is 0 Å². The molecule has 0 aliphatic carbocycles. The molecule has 47 heavy (non-hydrogen) atoms. The normalized spacial score (nSPS) is 11.6. The van der Waals surface area contributed by atoms with E-state index >= 15 is 0 Å². The summed E-state index contributed by atoms with van der Waals surface area (Å²) in [5.74, 6) is 0. The van der Waals surface area contributed by atoms with Crippen molar-refractivity contribution in [3.63, 3.8) is 0 Å². The van der Waals surface area contributed by atoms with Crippen LogP contribution in [0.2, 0.25) is 0 Å². The molecule has 0 spiro atoms. The summed E-state index contributed by atoms with van der Waals surface area (Å²) in [7, 11) is 0. The van der Waals surface area contributed by atoms with Gasteiger partial charge < -0.3 is 11.5 Å². The van der Waals surface area contributed by atoms with Gasteiger partial charge in [0, 0.05) is 0 Å². The van der Waals surface area contributed by atoms with Crippen molar-refractivity contribution in [2.45, 2.75) is 276 Å². The van der Waals surface area contributed by atoms with Gasteiger partial charge in [-0.15, -0.1) is 0 Å². The van der Waals surface area contributed by atoms with Gasteiger partial charge in [0.1, 0.15) is 0 Å². The molecule has 284 valence electrons. The van der Waals surface area contributed by atoms with Crippen molar-refractivity contribution in [1.82, 2.24) is 0 Å². The first-order valence-corrected chi connectivity index (χ1v) is 22.8. The van der Waals surface area contributed by atoms with Crippen LogP contribution >= 0.6 is 0 Å². The minimum Gasteiger partial charge on any atom is -0.330 e. The summed E-state index contributed by atoms with van der Waals surface area (Å²) in [6, 6.07) is 0. The molecule has 0 saturated carbocycles. The Hall–Kier alpha value is -0.0800. The van der Waals surface area contributed by atoms with E-state index in [1.54, 1.807) is 0 Å². The van der Waals surface area contributed by atoms with Crippen molar-refractivity contribution in [2.24, 2.45) is 11.5 Å². The van der Waals surface area contributed by atoms with Gasteiger partial charge in [0.2, 0.25) is 0 Å². The summed E-state index contributed by atoms with van der Waals surface area (Å²) in [6.45, 7) is 1.75. The van der Waals surface area contributed by atoms with Crippen LogP contribution in [0.1, 0.15) is 276 Å². The first-order chi connectivity index (χ1) is 23.4. The highest BCUT2D eigenvalue weighted by Crippen LogP contribution is 2.18. The van der Waals surface area contributed by atoms with E-state index in [4.69, 9.17) is 11.5 Å². The van der Waals surface area contributed by atoms with Crippen molar-refractivity contribution in [2.75, 3.05) is 13.1 Å². The maximum Gasteiger partial charge on any atom is -0.00773 e. The summed E-state index contributed by atoms with van der Waals surface area (Å²) in [6.07, 6.45) is 62.6. The molecule has 0 unspecified atom stereocenters. The molecule has 0 rings (SSSR count). The standard InChI is InChI=1S/C45H94N2/c46-44-42-40-38-36-34-32-30-28-26-24-22-20-18-16-14-12-10-8-6-4-2-1-3-5-7-9-11-13-15-17-19-21-23-25-27-29-31-33-35-37-39-41-43-45-47/h1-47H2. The summed E-state index contributed by atoms with van der Waals surface area (Å²) in [5, 5.41) is 0. The maximum atomic E-state index is 5.56. The Morgan fingerprint density at radius 2 is 0.170 bits per heavy atom. The van der Waals surface area contributed by atoms with E-state index in [2.05, 4.69) is 0 Å². The van der Waals surface area contributed by atoms with Gasteiger partial charge in [0.15, 0.2) is 0 Å². The second kappa shape index (κ2) is 45.9. The van der Waals surface area contributed by atoms with Gasteiger partial charge in [-0.3, -0.25) is 0 Å². The van der Waals surface area contributed by atoms with E-state index in [1.165, 1.54) is 276 Å². The third-order valence-electron chi connectivity index (χ3n) is 10.9. The fraction of sp³-hybridized carbons (Fsp3) is 1.00. The Kier molecular flexibility index (Phi) is 45.8. The first kappa shape index (κ1) is 46.9. The van der Waals surface area contributed by atoms with Gasteiger partial charge in [0.25, 0.3) is 0 Å². The average molecular weight is 663 g/mol. The summed E-state index contributed by atoms with van der Waals surface area (Å²) in [5.41, 5.74) is 11.1. The lowest BCUT2D eigenvalue weighted by atomic mass is 10.0. The summed E-state index contributed by atoms with van der Waals surface area (Å²) in [4.78, 5) is 0. The third-order valence-corrected chi connectivity index (χ3v) is 10.9. The fourth-order valence-electron chi connectivity index (χ4n) is 7.54. The first-order valence-electron chi connectivity index (χ1n) is 22.8. The summed E-state index contributed by atoms with van der Waals surface area (Å²) < 4.78 is 0. The molecule has 4 N–H and O–H groups in total. The van der Waals surface area contributed by atoms with Crippen LogP contribution in [-0.4, -0.2) is 13.1 Å². The van der Waals surface area contributed by atoms with Gasteiger partial charge in [0.05, 0.1) is 0 Å². The molecule has 0 heterocycles. The molecule has 0 aliphatic heterocycles. The Morgan fingerprint density at radius 1 is 0.106 bits per heavy atom. The van der Waals surface area contributed by atoms with Gasteiger partial charge in [-0.2, -0.15) is 0 Å². The van der Waals surface area contributed by atoms with Crippen molar-refractivity contribution < 1.29 is 0 Å². The lowest BCUT2D eigenvalue weighted by Crippen LogP contribution is -1.97. The molecule has 0 aliphatic rings. The van der Waals surface area contributed by atoms with E-state index in [0.29, 0.717) is 0 Å². The van der Waals surface area contributed by atoms with Gasteiger partial charge in [-0.05, 0) is 25.9 Å². The average Bonchev–Trinajstić information content (AvgIpc) is 3.08. The maximum absolute atomic E-state index is 5.56. The highest BCUT2D eigenvalue weighted by Gasteiger charge is 1.98. The largest absolute Gasteiger partial charge is 0.330 e. The molecule has 0 aromatic carbocycles. The molecule has 0 aromatic heterocycles. The quantitative estimate of drug-likeness (QED) is 0.0638. The third kappa shape index (κ3) is 45.9. The Morgan fingerprint density at radius 3 is 0.234 bits per heavy atom. The highest BCUT2D eigenvalue weighted by atomic mass is 14.5. The molecular weight excluding hydrogens is 569 g/mol. The van der Waals surface area contributed by atoms with Gasteiger partial charge >= 0.3 is 0 Å². The minimum atomic E-state index is 0.874. The number of nitrogens with two attached hydrogens (primary N) is 2. The Labute approximate surface area is 299 Å². The molecule has 2 nitrogen and oxygen atoms in total. The predicted octanol–water partition coefficient (Wildman–Crippen LogP) is 15.7. The molecule has 0 atom stereocenters. The van der Waals surface area contributed by atoms with Crippen LogP contribution in [0.4, 0.5) is 0 Å². The smallest absolute Gasteiger partial charge is 0.00773 e. The molecule has 0 fully saturated rings. The van der Waals surface area contributed by atoms with Crippen LogP contribution in [0, 0.1) is 0 Å². The fourth-order valence-corrected chi connectivity index (χ4v) is 7.54. The van der Waals surface area contributed by atoms with Gasteiger partial charge in [-0.1, -0.05) is 263 Å². The van der Waals surface area contributed by atoms with Crippen LogP contribution < -0.4 is 11.5 Å². The topological polar surface area (TPSA) is 52.0 Å². The van der Waals surface area contributed by atoms with Crippen molar-refractivity contribution in [3.05, 3.63) is 0 Å². The van der Waals surface area contributed by atoms with E-state index in [-0.39, 0.29) is 0 Å². The number of unbranched alkanes of at least 4 members (excludes halogenated alkanes) is 42. The van der Waals surface area contributed by atoms with E-state index in [0.717, 1.165) is 13.1 Å². The molecule has 0 amide bonds. The number of hydrogen-bond donors (Lipinski definition) is 2. The van der Waals surface area contributed by atoms with Crippen LogP contribution in [0.3, 0.4) is 0 Å².